The molecule has 0 spiro atoms. The number of hydrogen-bond donors (Lipinski definition) is 1. The van der Waals surface area contributed by atoms with Crippen molar-refractivity contribution in [1.29, 1.82) is 0 Å². The Hall–Kier alpha value is -0.820. The standard InChI is InChI=1S/C7H10.C2H7N/c1-4-6-7(3)5-2;1-3-2/h4-6H,1-2H2,3H3;3H,1-2H3/b7-6-;. The van der Waals surface area contributed by atoms with Gasteiger partial charge >= 0.3 is 0 Å². The minimum Gasteiger partial charge on any atom is -0.323 e. The van der Waals surface area contributed by atoms with Crippen molar-refractivity contribution in [2.24, 2.45) is 0 Å². The van der Waals surface area contributed by atoms with Gasteiger partial charge < -0.3 is 5.32 Å². The third kappa shape index (κ3) is 15.7. The zero-order valence-corrected chi connectivity index (χ0v) is 7.15. The Kier molecular flexibility index (Phi) is 13.2. The molecule has 1 nitrogen and oxygen atoms in total. The van der Waals surface area contributed by atoms with Crippen molar-refractivity contribution >= 4 is 0 Å². The monoisotopic (exact) mass is 139 g/mol. The van der Waals surface area contributed by atoms with Gasteiger partial charge in [0.05, 0.1) is 0 Å². The highest BCUT2D eigenvalue weighted by Crippen LogP contribution is 1.90. The second-order valence-electron chi connectivity index (χ2n) is 1.85. The minimum absolute atomic E-state index is 1.15. The van der Waals surface area contributed by atoms with Crippen LogP contribution in [0.4, 0.5) is 0 Å². The van der Waals surface area contributed by atoms with Crippen LogP contribution in [0.25, 0.3) is 0 Å². The van der Waals surface area contributed by atoms with Gasteiger partial charge in [0, 0.05) is 0 Å². The number of rotatable bonds is 2. The third-order valence-electron chi connectivity index (χ3n) is 0.703. The molecular formula is C9H17N. The molecule has 0 unspecified atom stereocenters. The highest BCUT2D eigenvalue weighted by atomic mass is 14.7. The summed E-state index contributed by atoms with van der Waals surface area (Å²) in [6, 6.07) is 0. The summed E-state index contributed by atoms with van der Waals surface area (Å²) in [6.07, 6.45) is 5.45. The quantitative estimate of drug-likeness (QED) is 0.578. The van der Waals surface area contributed by atoms with Crippen LogP contribution in [0.5, 0.6) is 0 Å². The zero-order chi connectivity index (χ0) is 8.41. The molecule has 0 aliphatic heterocycles. The summed E-state index contributed by atoms with van der Waals surface area (Å²) in [5.41, 5.74) is 1.15. The van der Waals surface area contributed by atoms with Crippen molar-refractivity contribution in [2.45, 2.75) is 6.92 Å². The smallest absolute Gasteiger partial charge is 0.0167 e. The van der Waals surface area contributed by atoms with E-state index >= 15 is 0 Å². The van der Waals surface area contributed by atoms with Gasteiger partial charge in [0.1, 0.15) is 0 Å². The lowest BCUT2D eigenvalue weighted by atomic mass is 10.3. The van der Waals surface area contributed by atoms with Gasteiger partial charge in [-0.3, -0.25) is 0 Å². The SMILES string of the molecule is C=C/C=C(/C)C=C.CNC. The van der Waals surface area contributed by atoms with Crippen LogP contribution in [0, 0.1) is 0 Å². The molecule has 10 heavy (non-hydrogen) atoms. The van der Waals surface area contributed by atoms with E-state index in [0.29, 0.717) is 0 Å². The molecule has 0 aliphatic rings. The first kappa shape index (κ1) is 11.9. The average molecular weight is 139 g/mol. The summed E-state index contributed by atoms with van der Waals surface area (Å²) in [7, 11) is 3.75. The Morgan fingerprint density at radius 2 is 1.70 bits per heavy atom. The van der Waals surface area contributed by atoms with Crippen molar-refractivity contribution in [3.05, 3.63) is 37.0 Å². The van der Waals surface area contributed by atoms with Gasteiger partial charge in [-0.2, -0.15) is 0 Å². The van der Waals surface area contributed by atoms with E-state index in [-0.39, 0.29) is 0 Å². The van der Waals surface area contributed by atoms with Gasteiger partial charge in [0.15, 0.2) is 0 Å². The molecule has 0 aromatic heterocycles. The summed E-state index contributed by atoms with van der Waals surface area (Å²) in [5, 5.41) is 2.75. The van der Waals surface area contributed by atoms with E-state index in [4.69, 9.17) is 0 Å². The van der Waals surface area contributed by atoms with Crippen LogP contribution in [0.1, 0.15) is 6.92 Å². The van der Waals surface area contributed by atoms with Crippen LogP contribution in [0.15, 0.2) is 37.0 Å². The minimum atomic E-state index is 1.15. The Morgan fingerprint density at radius 3 is 1.80 bits per heavy atom. The van der Waals surface area contributed by atoms with Gasteiger partial charge in [-0.15, -0.1) is 0 Å². The van der Waals surface area contributed by atoms with Gasteiger partial charge in [-0.25, -0.2) is 0 Å². The van der Waals surface area contributed by atoms with Crippen LogP contribution < -0.4 is 5.32 Å². The highest BCUT2D eigenvalue weighted by molar-refractivity contribution is 5.17. The normalized spacial score (nSPS) is 9.30. The molecule has 0 rings (SSSR count). The van der Waals surface area contributed by atoms with Crippen molar-refractivity contribution < 1.29 is 0 Å². The fourth-order valence-corrected chi connectivity index (χ4v) is 0.254. The van der Waals surface area contributed by atoms with E-state index < -0.39 is 0 Å². The van der Waals surface area contributed by atoms with E-state index in [1.165, 1.54) is 0 Å². The predicted molar refractivity (Wildman–Crippen MR) is 49.1 cm³/mol. The average Bonchev–Trinajstić information content (AvgIpc) is 1.90. The van der Waals surface area contributed by atoms with E-state index in [2.05, 4.69) is 18.5 Å². The first-order valence-electron chi connectivity index (χ1n) is 3.23. The Bertz CT molecular complexity index is 112. The molecule has 1 N–H and O–H groups in total. The van der Waals surface area contributed by atoms with E-state index in [9.17, 15) is 0 Å². The highest BCUT2D eigenvalue weighted by Gasteiger charge is 1.68. The topological polar surface area (TPSA) is 12.0 Å². The molecule has 0 saturated heterocycles. The predicted octanol–water partition coefficient (Wildman–Crippen LogP) is 2.14. The summed E-state index contributed by atoms with van der Waals surface area (Å²) >= 11 is 0. The first-order chi connectivity index (χ1) is 4.72. The maximum Gasteiger partial charge on any atom is -0.0167 e. The molecule has 0 saturated carbocycles. The summed E-state index contributed by atoms with van der Waals surface area (Å²) in [6.45, 7) is 9.07. The van der Waals surface area contributed by atoms with E-state index in [0.717, 1.165) is 5.57 Å². The molecule has 0 heterocycles. The zero-order valence-electron chi connectivity index (χ0n) is 7.15. The molecule has 58 valence electrons. The summed E-state index contributed by atoms with van der Waals surface area (Å²) in [5.74, 6) is 0. The number of nitrogens with one attached hydrogen (secondary N) is 1. The molecule has 0 bridgehead atoms. The maximum absolute atomic E-state index is 3.56. The molecule has 0 aromatic rings. The van der Waals surface area contributed by atoms with Crippen molar-refractivity contribution in [3.63, 3.8) is 0 Å². The largest absolute Gasteiger partial charge is 0.323 e. The van der Waals surface area contributed by atoms with Gasteiger partial charge in [0.2, 0.25) is 0 Å². The molecule has 0 aliphatic carbocycles. The lowest BCUT2D eigenvalue weighted by Gasteiger charge is -1.80. The lowest BCUT2D eigenvalue weighted by Crippen LogP contribution is -1.89. The van der Waals surface area contributed by atoms with Crippen LogP contribution in [0.3, 0.4) is 0 Å². The van der Waals surface area contributed by atoms with Crippen LogP contribution in [-0.2, 0) is 0 Å². The van der Waals surface area contributed by atoms with Crippen molar-refractivity contribution in [2.75, 3.05) is 14.1 Å². The maximum atomic E-state index is 3.56. The van der Waals surface area contributed by atoms with Crippen molar-refractivity contribution in [1.82, 2.24) is 5.32 Å². The number of hydrogen-bond acceptors (Lipinski definition) is 1. The summed E-state index contributed by atoms with van der Waals surface area (Å²) in [4.78, 5) is 0. The Balaban J connectivity index is 0. The van der Waals surface area contributed by atoms with Crippen LogP contribution >= 0.6 is 0 Å². The van der Waals surface area contributed by atoms with Crippen molar-refractivity contribution in [3.8, 4) is 0 Å². The third-order valence-corrected chi connectivity index (χ3v) is 0.703. The second-order valence-corrected chi connectivity index (χ2v) is 1.85. The van der Waals surface area contributed by atoms with Gasteiger partial charge in [-0.1, -0.05) is 37.0 Å². The van der Waals surface area contributed by atoms with Gasteiger partial charge in [-0.05, 0) is 21.0 Å². The molecule has 0 fully saturated rings. The van der Waals surface area contributed by atoms with Crippen LogP contribution in [0.2, 0.25) is 0 Å². The molecule has 0 atom stereocenters. The molecule has 0 aromatic carbocycles. The first-order valence-corrected chi connectivity index (χ1v) is 3.23. The summed E-state index contributed by atoms with van der Waals surface area (Å²) < 4.78 is 0. The fraction of sp³-hybridized carbons (Fsp3) is 0.333. The van der Waals surface area contributed by atoms with E-state index in [1.54, 1.807) is 12.2 Å². The fourth-order valence-electron chi connectivity index (χ4n) is 0.254. The second kappa shape index (κ2) is 11.0. The van der Waals surface area contributed by atoms with E-state index in [1.807, 2.05) is 27.1 Å². The molecule has 1 heteroatoms. The molecular weight excluding hydrogens is 122 g/mol. The Labute approximate surface area is 64.1 Å². The lowest BCUT2D eigenvalue weighted by molar-refractivity contribution is 1.02. The Morgan fingerprint density at radius 1 is 1.30 bits per heavy atom. The van der Waals surface area contributed by atoms with Gasteiger partial charge in [0.25, 0.3) is 0 Å². The number of allylic oxidation sites excluding steroid dienone is 4. The molecule has 0 radical (unpaired) electrons. The van der Waals surface area contributed by atoms with Crippen LogP contribution in [-0.4, -0.2) is 14.1 Å². The molecule has 0 amide bonds.